The summed E-state index contributed by atoms with van der Waals surface area (Å²) in [4.78, 5) is 52.6. The molecular formula is C20H26N4O4. The maximum absolute atomic E-state index is 13.0. The Labute approximate surface area is 164 Å². The van der Waals surface area contributed by atoms with Gasteiger partial charge in [0.15, 0.2) is 0 Å². The molecule has 0 radical (unpaired) electrons. The van der Waals surface area contributed by atoms with E-state index in [1.54, 1.807) is 12.1 Å². The molecule has 1 atom stereocenters. The third-order valence-electron chi connectivity index (χ3n) is 5.24. The summed E-state index contributed by atoms with van der Waals surface area (Å²) in [5.74, 6) is -1.90. The van der Waals surface area contributed by atoms with E-state index in [4.69, 9.17) is 5.73 Å². The van der Waals surface area contributed by atoms with Crippen molar-refractivity contribution in [3.63, 3.8) is 0 Å². The average Bonchev–Trinajstić information content (AvgIpc) is 2.91. The van der Waals surface area contributed by atoms with Crippen LogP contribution in [0.4, 0.5) is 0 Å². The predicted octanol–water partition coefficient (Wildman–Crippen LogP) is 0.649. The molecule has 2 aliphatic rings. The van der Waals surface area contributed by atoms with Crippen molar-refractivity contribution < 1.29 is 19.2 Å². The molecule has 0 spiro atoms. The van der Waals surface area contributed by atoms with Gasteiger partial charge < -0.3 is 10.6 Å². The zero-order valence-corrected chi connectivity index (χ0v) is 16.1. The van der Waals surface area contributed by atoms with E-state index in [0.717, 1.165) is 36.3 Å². The number of nitrogens with one attached hydrogen (secondary N) is 1. The molecule has 0 bridgehead atoms. The van der Waals surface area contributed by atoms with Crippen molar-refractivity contribution in [3.05, 3.63) is 34.9 Å². The normalized spacial score (nSPS) is 19.4. The number of hydrogen-bond acceptors (Lipinski definition) is 6. The van der Waals surface area contributed by atoms with E-state index in [-0.39, 0.29) is 18.7 Å². The second kappa shape index (κ2) is 8.62. The molecule has 28 heavy (non-hydrogen) atoms. The second-order valence-electron chi connectivity index (χ2n) is 7.37. The Morgan fingerprint density at radius 1 is 1.14 bits per heavy atom. The number of nitrogens with two attached hydrogens (primary N) is 1. The van der Waals surface area contributed by atoms with E-state index in [1.807, 2.05) is 13.1 Å². The summed E-state index contributed by atoms with van der Waals surface area (Å²) in [6, 6.07) is 4.28. The molecule has 0 aromatic heterocycles. The number of imide groups is 2. The molecule has 1 aromatic carbocycles. The third-order valence-corrected chi connectivity index (χ3v) is 5.24. The number of piperidine rings is 1. The lowest BCUT2D eigenvalue weighted by Gasteiger charge is -2.28. The Kier molecular flexibility index (Phi) is 6.21. The Balaban J connectivity index is 1.76. The molecule has 1 unspecified atom stereocenters. The first-order chi connectivity index (χ1) is 13.4. The Morgan fingerprint density at radius 2 is 1.93 bits per heavy atom. The quantitative estimate of drug-likeness (QED) is 0.501. The summed E-state index contributed by atoms with van der Waals surface area (Å²) in [7, 11) is 1.97. The van der Waals surface area contributed by atoms with Crippen LogP contribution in [-0.4, -0.2) is 59.6 Å². The third kappa shape index (κ3) is 3.98. The molecule has 2 heterocycles. The molecule has 1 aromatic rings. The minimum absolute atomic E-state index is 0.113. The van der Waals surface area contributed by atoms with Crippen LogP contribution in [0, 0.1) is 0 Å². The molecule has 0 aliphatic carbocycles. The number of amides is 4. The maximum atomic E-state index is 13.0. The van der Waals surface area contributed by atoms with Crippen molar-refractivity contribution in [1.29, 1.82) is 0 Å². The van der Waals surface area contributed by atoms with Gasteiger partial charge in [-0.2, -0.15) is 0 Å². The lowest BCUT2D eigenvalue weighted by Crippen LogP contribution is -2.54. The van der Waals surface area contributed by atoms with Crippen LogP contribution in [0.3, 0.4) is 0 Å². The highest BCUT2D eigenvalue weighted by atomic mass is 16.2. The first-order valence-electron chi connectivity index (χ1n) is 9.66. The molecule has 0 saturated carbocycles. The first-order valence-corrected chi connectivity index (χ1v) is 9.66. The fraction of sp³-hybridized carbons (Fsp3) is 0.500. The summed E-state index contributed by atoms with van der Waals surface area (Å²) in [5, 5.41) is 2.21. The number of fused-ring (bicyclic) bond motifs is 1. The summed E-state index contributed by atoms with van der Waals surface area (Å²) in [6.45, 7) is 2.08. The zero-order chi connectivity index (χ0) is 20.3. The lowest BCUT2D eigenvalue weighted by atomic mass is 10.0. The van der Waals surface area contributed by atoms with Crippen LogP contribution < -0.4 is 11.1 Å². The van der Waals surface area contributed by atoms with E-state index in [2.05, 4.69) is 10.2 Å². The van der Waals surface area contributed by atoms with Gasteiger partial charge in [-0.25, -0.2) is 0 Å². The van der Waals surface area contributed by atoms with Crippen LogP contribution >= 0.6 is 0 Å². The van der Waals surface area contributed by atoms with Gasteiger partial charge in [-0.15, -0.1) is 0 Å². The Morgan fingerprint density at radius 3 is 2.64 bits per heavy atom. The maximum Gasteiger partial charge on any atom is 0.262 e. The molecule has 2 aliphatic heterocycles. The summed E-state index contributed by atoms with van der Waals surface area (Å²) in [5.41, 5.74) is 6.98. The lowest BCUT2D eigenvalue weighted by molar-refractivity contribution is -0.136. The van der Waals surface area contributed by atoms with Crippen LogP contribution in [0.1, 0.15) is 58.4 Å². The van der Waals surface area contributed by atoms with Crippen LogP contribution in [-0.2, 0) is 16.1 Å². The first kappa shape index (κ1) is 20.2. The van der Waals surface area contributed by atoms with Gasteiger partial charge in [0.05, 0.1) is 11.1 Å². The topological polar surface area (TPSA) is 113 Å². The number of carbonyl (C=O) groups excluding carboxylic acids is 4. The van der Waals surface area contributed by atoms with Gasteiger partial charge in [-0.1, -0.05) is 18.6 Å². The van der Waals surface area contributed by atoms with Crippen molar-refractivity contribution in [2.24, 2.45) is 5.73 Å². The molecule has 1 saturated heterocycles. The molecule has 8 heteroatoms. The van der Waals surface area contributed by atoms with E-state index >= 15 is 0 Å². The van der Waals surface area contributed by atoms with Crippen LogP contribution in [0.15, 0.2) is 18.2 Å². The second-order valence-corrected chi connectivity index (χ2v) is 7.37. The smallest absolute Gasteiger partial charge is 0.262 e. The fourth-order valence-electron chi connectivity index (χ4n) is 3.79. The Bertz CT molecular complexity index is 807. The summed E-state index contributed by atoms with van der Waals surface area (Å²) in [6.07, 6.45) is 3.32. The number of nitrogens with zero attached hydrogens (tertiary/aromatic N) is 2. The van der Waals surface area contributed by atoms with Gasteiger partial charge in [0.1, 0.15) is 6.04 Å². The molecular weight excluding hydrogens is 360 g/mol. The number of unbranched alkanes of at least 4 members (excludes halogenated alkanes) is 2. The van der Waals surface area contributed by atoms with Crippen LogP contribution in [0.5, 0.6) is 0 Å². The van der Waals surface area contributed by atoms with E-state index in [9.17, 15) is 19.2 Å². The molecule has 3 N–H and O–H groups in total. The largest absolute Gasteiger partial charge is 0.330 e. The van der Waals surface area contributed by atoms with Gasteiger partial charge in [0, 0.05) is 13.0 Å². The summed E-state index contributed by atoms with van der Waals surface area (Å²) < 4.78 is 0. The summed E-state index contributed by atoms with van der Waals surface area (Å²) >= 11 is 0. The monoisotopic (exact) mass is 386 g/mol. The molecule has 8 nitrogen and oxygen atoms in total. The zero-order valence-electron chi connectivity index (χ0n) is 16.1. The van der Waals surface area contributed by atoms with Crippen molar-refractivity contribution >= 4 is 23.6 Å². The van der Waals surface area contributed by atoms with Gasteiger partial charge in [0.25, 0.3) is 11.8 Å². The predicted molar refractivity (Wildman–Crippen MR) is 102 cm³/mol. The van der Waals surface area contributed by atoms with Crippen LogP contribution in [0.25, 0.3) is 0 Å². The number of benzene rings is 1. The molecule has 3 rings (SSSR count). The highest BCUT2D eigenvalue weighted by Gasteiger charge is 2.45. The molecule has 150 valence electrons. The van der Waals surface area contributed by atoms with Gasteiger partial charge in [-0.05, 0) is 51.0 Å². The highest BCUT2D eigenvalue weighted by molar-refractivity contribution is 6.24. The fourth-order valence-corrected chi connectivity index (χ4v) is 3.79. The van der Waals surface area contributed by atoms with Crippen LogP contribution in [0.2, 0.25) is 0 Å². The average molecular weight is 386 g/mol. The number of carbonyl (C=O) groups is 4. The number of hydrogen-bond donors (Lipinski definition) is 2. The van der Waals surface area contributed by atoms with E-state index in [1.165, 1.54) is 0 Å². The van der Waals surface area contributed by atoms with Crippen molar-refractivity contribution in [3.8, 4) is 0 Å². The number of rotatable bonds is 8. The van der Waals surface area contributed by atoms with Gasteiger partial charge in [0.2, 0.25) is 11.8 Å². The van der Waals surface area contributed by atoms with Gasteiger partial charge >= 0.3 is 0 Å². The van der Waals surface area contributed by atoms with E-state index < -0.39 is 23.8 Å². The van der Waals surface area contributed by atoms with Crippen molar-refractivity contribution in [1.82, 2.24) is 15.1 Å². The minimum atomic E-state index is -0.938. The standard InChI is InChI=1S/C20H26N4O4/c1-23(11-4-2-3-10-21)12-13-6-5-7-14-17(13)20(28)24(19(14)27)15-8-9-16(25)22-18(15)26/h5-7,15H,2-4,8-12,21H2,1H3,(H,22,25,26). The Hall–Kier alpha value is -2.58. The van der Waals surface area contributed by atoms with Crippen molar-refractivity contribution in [2.45, 2.75) is 44.7 Å². The van der Waals surface area contributed by atoms with Crippen molar-refractivity contribution in [2.75, 3.05) is 20.1 Å². The minimum Gasteiger partial charge on any atom is -0.330 e. The molecule has 1 fully saturated rings. The van der Waals surface area contributed by atoms with Gasteiger partial charge in [-0.3, -0.25) is 29.4 Å². The highest BCUT2D eigenvalue weighted by Crippen LogP contribution is 2.30. The van der Waals surface area contributed by atoms with E-state index in [0.29, 0.717) is 24.2 Å². The molecule has 4 amide bonds. The SMILES string of the molecule is CN(CCCCCN)Cc1cccc2c1C(=O)N(C1CCC(=O)NC1=O)C2=O.